The highest BCUT2D eigenvalue weighted by molar-refractivity contribution is 9.10. The standard InChI is InChI=1S/C14H24BrN3O/c1-5-6-7-11(4)17-12-8-16-18(9-10(2)3)14(19)13(12)15/h8,10-11,17H,5-7,9H2,1-4H3. The molecule has 1 aromatic heterocycles. The molecule has 4 nitrogen and oxygen atoms in total. The summed E-state index contributed by atoms with van der Waals surface area (Å²) in [6.07, 6.45) is 5.19. The van der Waals surface area contributed by atoms with E-state index in [1.54, 1.807) is 6.20 Å². The number of halogens is 1. The van der Waals surface area contributed by atoms with Gasteiger partial charge in [0, 0.05) is 12.6 Å². The molecule has 1 N–H and O–H groups in total. The van der Waals surface area contributed by atoms with E-state index in [0.29, 0.717) is 23.0 Å². The van der Waals surface area contributed by atoms with E-state index in [9.17, 15) is 4.79 Å². The molecular weight excluding hydrogens is 306 g/mol. The number of aromatic nitrogens is 2. The molecule has 0 fully saturated rings. The molecule has 108 valence electrons. The highest BCUT2D eigenvalue weighted by atomic mass is 79.9. The van der Waals surface area contributed by atoms with Crippen LogP contribution in [0.5, 0.6) is 0 Å². The van der Waals surface area contributed by atoms with Crippen molar-refractivity contribution in [2.24, 2.45) is 5.92 Å². The monoisotopic (exact) mass is 329 g/mol. The molecule has 1 aromatic rings. The van der Waals surface area contributed by atoms with Crippen LogP contribution in [0.25, 0.3) is 0 Å². The number of anilines is 1. The fourth-order valence-electron chi connectivity index (χ4n) is 1.89. The summed E-state index contributed by atoms with van der Waals surface area (Å²) >= 11 is 3.38. The van der Waals surface area contributed by atoms with E-state index in [4.69, 9.17) is 0 Å². The maximum atomic E-state index is 12.1. The lowest BCUT2D eigenvalue weighted by atomic mass is 10.1. The maximum Gasteiger partial charge on any atom is 0.283 e. The van der Waals surface area contributed by atoms with E-state index in [0.717, 1.165) is 12.1 Å². The van der Waals surface area contributed by atoms with E-state index < -0.39 is 0 Å². The molecule has 0 aliphatic heterocycles. The van der Waals surface area contributed by atoms with Crippen molar-refractivity contribution in [3.05, 3.63) is 21.0 Å². The van der Waals surface area contributed by atoms with Crippen molar-refractivity contribution in [3.8, 4) is 0 Å². The number of rotatable bonds is 7. The number of nitrogens with zero attached hydrogens (tertiary/aromatic N) is 2. The SMILES string of the molecule is CCCCC(C)Nc1cnn(CC(C)C)c(=O)c1Br. The molecule has 0 bridgehead atoms. The lowest BCUT2D eigenvalue weighted by molar-refractivity contribution is 0.462. The van der Waals surface area contributed by atoms with Gasteiger partial charge in [-0.25, -0.2) is 4.68 Å². The minimum atomic E-state index is -0.0682. The molecule has 1 heterocycles. The Morgan fingerprint density at radius 3 is 2.68 bits per heavy atom. The number of nitrogens with one attached hydrogen (secondary N) is 1. The summed E-state index contributed by atoms with van der Waals surface area (Å²) < 4.78 is 2.09. The molecule has 0 saturated heterocycles. The summed E-state index contributed by atoms with van der Waals surface area (Å²) in [6.45, 7) is 9.09. The first-order valence-corrected chi connectivity index (χ1v) is 7.77. The van der Waals surface area contributed by atoms with Gasteiger partial charge in [-0.3, -0.25) is 4.79 Å². The molecule has 1 rings (SSSR count). The van der Waals surface area contributed by atoms with Gasteiger partial charge in [0.15, 0.2) is 0 Å². The Kier molecular flexibility index (Phi) is 6.55. The molecule has 0 aliphatic rings. The van der Waals surface area contributed by atoms with Crippen molar-refractivity contribution in [1.29, 1.82) is 0 Å². The first-order chi connectivity index (χ1) is 8.95. The zero-order valence-corrected chi connectivity index (χ0v) is 13.8. The summed E-state index contributed by atoms with van der Waals surface area (Å²) in [4.78, 5) is 12.1. The fourth-order valence-corrected chi connectivity index (χ4v) is 2.31. The summed E-state index contributed by atoms with van der Waals surface area (Å²) in [6, 6.07) is 0.346. The first-order valence-electron chi connectivity index (χ1n) is 6.97. The van der Waals surface area contributed by atoms with E-state index >= 15 is 0 Å². The van der Waals surface area contributed by atoms with Crippen LogP contribution in [0.15, 0.2) is 15.5 Å². The Morgan fingerprint density at radius 1 is 1.42 bits per heavy atom. The largest absolute Gasteiger partial charge is 0.380 e. The van der Waals surface area contributed by atoms with Crippen molar-refractivity contribution < 1.29 is 0 Å². The summed E-state index contributed by atoms with van der Waals surface area (Å²) in [5, 5.41) is 7.57. The highest BCUT2D eigenvalue weighted by Crippen LogP contribution is 2.18. The van der Waals surface area contributed by atoms with E-state index in [-0.39, 0.29) is 5.56 Å². The van der Waals surface area contributed by atoms with Crippen LogP contribution < -0.4 is 10.9 Å². The number of hydrogen-bond donors (Lipinski definition) is 1. The zero-order chi connectivity index (χ0) is 14.4. The lowest BCUT2D eigenvalue weighted by Gasteiger charge is -2.16. The van der Waals surface area contributed by atoms with Gasteiger partial charge in [-0.2, -0.15) is 5.10 Å². The minimum Gasteiger partial charge on any atom is -0.380 e. The molecule has 1 atom stereocenters. The Balaban J connectivity index is 2.81. The summed E-state index contributed by atoms with van der Waals surface area (Å²) in [5.74, 6) is 0.402. The van der Waals surface area contributed by atoms with Crippen molar-refractivity contribution in [2.75, 3.05) is 5.32 Å². The van der Waals surface area contributed by atoms with Gasteiger partial charge >= 0.3 is 0 Å². The Morgan fingerprint density at radius 2 is 2.11 bits per heavy atom. The molecule has 19 heavy (non-hydrogen) atoms. The molecule has 1 unspecified atom stereocenters. The van der Waals surface area contributed by atoms with Gasteiger partial charge < -0.3 is 5.32 Å². The average molecular weight is 330 g/mol. The number of hydrogen-bond acceptors (Lipinski definition) is 3. The Labute approximate surface area is 123 Å². The van der Waals surface area contributed by atoms with Crippen LogP contribution in [0.4, 0.5) is 5.69 Å². The molecule has 5 heteroatoms. The second-order valence-corrected chi connectivity index (χ2v) is 6.23. The molecule has 0 radical (unpaired) electrons. The van der Waals surface area contributed by atoms with Crippen molar-refractivity contribution in [1.82, 2.24) is 9.78 Å². The van der Waals surface area contributed by atoms with E-state index in [2.05, 4.69) is 54.0 Å². The van der Waals surface area contributed by atoms with Gasteiger partial charge in [0.2, 0.25) is 0 Å². The molecular formula is C14H24BrN3O. The predicted molar refractivity (Wildman–Crippen MR) is 83.6 cm³/mol. The van der Waals surface area contributed by atoms with Crippen LogP contribution in [0.3, 0.4) is 0 Å². The van der Waals surface area contributed by atoms with E-state index in [1.807, 2.05) is 0 Å². The van der Waals surface area contributed by atoms with Crippen LogP contribution in [0.1, 0.15) is 47.0 Å². The maximum absolute atomic E-state index is 12.1. The molecule has 0 aromatic carbocycles. The average Bonchev–Trinajstić information content (AvgIpc) is 2.35. The highest BCUT2D eigenvalue weighted by Gasteiger charge is 2.11. The van der Waals surface area contributed by atoms with Crippen LogP contribution >= 0.6 is 15.9 Å². The van der Waals surface area contributed by atoms with Crippen molar-refractivity contribution >= 4 is 21.6 Å². The van der Waals surface area contributed by atoms with Gasteiger partial charge in [0.05, 0.1) is 11.9 Å². The van der Waals surface area contributed by atoms with E-state index in [1.165, 1.54) is 17.5 Å². The molecule has 0 saturated carbocycles. The molecule has 0 aliphatic carbocycles. The van der Waals surface area contributed by atoms with Gasteiger partial charge in [-0.1, -0.05) is 33.6 Å². The summed E-state index contributed by atoms with van der Waals surface area (Å²) in [7, 11) is 0. The minimum absolute atomic E-state index is 0.0682. The topological polar surface area (TPSA) is 46.9 Å². The Hall–Kier alpha value is -0.840. The van der Waals surface area contributed by atoms with Crippen LogP contribution in [0.2, 0.25) is 0 Å². The second kappa shape index (κ2) is 7.68. The first kappa shape index (κ1) is 16.2. The van der Waals surface area contributed by atoms with Crippen molar-refractivity contribution in [2.45, 2.75) is 59.5 Å². The third-order valence-corrected chi connectivity index (χ3v) is 3.68. The smallest absolute Gasteiger partial charge is 0.283 e. The quantitative estimate of drug-likeness (QED) is 0.830. The van der Waals surface area contributed by atoms with Crippen LogP contribution in [-0.2, 0) is 6.54 Å². The van der Waals surface area contributed by atoms with Crippen molar-refractivity contribution in [3.63, 3.8) is 0 Å². The number of unbranched alkanes of at least 4 members (excludes halogenated alkanes) is 1. The van der Waals surface area contributed by atoms with Crippen LogP contribution in [0, 0.1) is 5.92 Å². The van der Waals surface area contributed by atoms with Gasteiger partial charge in [0.25, 0.3) is 5.56 Å². The normalized spacial score (nSPS) is 12.7. The predicted octanol–water partition coefficient (Wildman–Crippen LogP) is 3.65. The van der Waals surface area contributed by atoms with Gasteiger partial charge in [0.1, 0.15) is 4.47 Å². The third kappa shape index (κ3) is 4.97. The second-order valence-electron chi connectivity index (χ2n) is 5.44. The van der Waals surface area contributed by atoms with Gasteiger partial charge in [-0.05, 0) is 35.2 Å². The lowest BCUT2D eigenvalue weighted by Crippen LogP contribution is -2.27. The van der Waals surface area contributed by atoms with Gasteiger partial charge in [-0.15, -0.1) is 0 Å². The fraction of sp³-hybridized carbons (Fsp3) is 0.714. The zero-order valence-electron chi connectivity index (χ0n) is 12.2. The summed E-state index contributed by atoms with van der Waals surface area (Å²) in [5.41, 5.74) is 0.718. The molecule has 0 amide bonds. The molecule has 0 spiro atoms. The Bertz CT molecular complexity index is 456. The van der Waals surface area contributed by atoms with Crippen LogP contribution in [-0.4, -0.2) is 15.8 Å². The third-order valence-electron chi connectivity index (χ3n) is 2.92.